The van der Waals surface area contributed by atoms with Crippen molar-refractivity contribution in [3.8, 4) is 11.5 Å². The number of para-hydroxylation sites is 1. The first-order chi connectivity index (χ1) is 17.3. The van der Waals surface area contributed by atoms with Gasteiger partial charge in [0.2, 0.25) is 0 Å². The van der Waals surface area contributed by atoms with Crippen LogP contribution in [0, 0.1) is 6.92 Å². The van der Waals surface area contributed by atoms with E-state index in [-0.39, 0.29) is 17.3 Å². The number of ether oxygens (including phenoxy) is 2. The Morgan fingerprint density at radius 3 is 2.44 bits per heavy atom. The molecule has 0 spiro atoms. The summed E-state index contributed by atoms with van der Waals surface area (Å²) in [6.07, 6.45) is 0. The number of anilines is 1. The number of nitrogens with zero attached hydrogens (tertiary/aromatic N) is 1. The number of amides is 1. The van der Waals surface area contributed by atoms with Gasteiger partial charge in [0.05, 0.1) is 25.3 Å². The maximum absolute atomic E-state index is 13.5. The third kappa shape index (κ3) is 4.47. The lowest BCUT2D eigenvalue weighted by molar-refractivity contribution is -0.132. The van der Waals surface area contributed by atoms with Crippen molar-refractivity contribution in [1.29, 1.82) is 0 Å². The molecule has 0 bridgehead atoms. The number of benzene rings is 3. The molecule has 6 heteroatoms. The number of hydrogen-bond donors (Lipinski definition) is 1. The third-order valence-corrected chi connectivity index (χ3v) is 6.43. The maximum atomic E-state index is 13.5. The molecule has 1 atom stereocenters. The van der Waals surface area contributed by atoms with Crippen molar-refractivity contribution in [1.82, 2.24) is 0 Å². The molecular weight excluding hydrogens is 454 g/mol. The van der Waals surface area contributed by atoms with E-state index in [1.165, 1.54) is 4.90 Å². The topological polar surface area (TPSA) is 76.1 Å². The Morgan fingerprint density at radius 2 is 1.78 bits per heavy atom. The predicted octanol–water partition coefficient (Wildman–Crippen LogP) is 6.15. The SMILES string of the molecule is CCOc1ccc(/C(O)=C2/C(=O)C(=O)N(c3ccccc3C)C2c2cccc(OC)c2)cc1C(C)C. The normalized spacial score (nSPS) is 17.1. The molecule has 0 saturated carbocycles. The average Bonchev–Trinajstić information content (AvgIpc) is 3.14. The summed E-state index contributed by atoms with van der Waals surface area (Å²) < 4.78 is 11.2. The Bertz CT molecular complexity index is 1340. The van der Waals surface area contributed by atoms with E-state index >= 15 is 0 Å². The molecule has 6 nitrogen and oxygen atoms in total. The zero-order chi connectivity index (χ0) is 26.0. The van der Waals surface area contributed by atoms with Crippen molar-refractivity contribution in [2.45, 2.75) is 39.7 Å². The minimum Gasteiger partial charge on any atom is -0.507 e. The van der Waals surface area contributed by atoms with Crippen LogP contribution in [0.25, 0.3) is 5.76 Å². The fourth-order valence-electron chi connectivity index (χ4n) is 4.63. The summed E-state index contributed by atoms with van der Waals surface area (Å²) in [5, 5.41) is 11.5. The summed E-state index contributed by atoms with van der Waals surface area (Å²) >= 11 is 0. The van der Waals surface area contributed by atoms with Crippen LogP contribution in [0.4, 0.5) is 5.69 Å². The second-order valence-electron chi connectivity index (χ2n) is 9.07. The van der Waals surface area contributed by atoms with Gasteiger partial charge in [0, 0.05) is 11.3 Å². The molecule has 3 aromatic carbocycles. The minimum atomic E-state index is -0.824. The highest BCUT2D eigenvalue weighted by Gasteiger charge is 2.47. The Labute approximate surface area is 211 Å². The molecule has 1 heterocycles. The molecule has 1 amide bonds. The molecular formula is C30H31NO5. The van der Waals surface area contributed by atoms with Gasteiger partial charge < -0.3 is 14.6 Å². The van der Waals surface area contributed by atoms with Gasteiger partial charge in [0.15, 0.2) is 0 Å². The highest BCUT2D eigenvalue weighted by molar-refractivity contribution is 6.51. The van der Waals surface area contributed by atoms with Gasteiger partial charge in [-0.1, -0.05) is 44.2 Å². The lowest BCUT2D eigenvalue weighted by Crippen LogP contribution is -2.30. The highest BCUT2D eigenvalue weighted by atomic mass is 16.5. The molecule has 1 unspecified atom stereocenters. The van der Waals surface area contributed by atoms with Crippen molar-refractivity contribution in [2.75, 3.05) is 18.6 Å². The van der Waals surface area contributed by atoms with Gasteiger partial charge in [-0.2, -0.15) is 0 Å². The number of aliphatic hydroxyl groups is 1. The van der Waals surface area contributed by atoms with Crippen LogP contribution in [-0.4, -0.2) is 30.5 Å². The number of hydrogen-bond acceptors (Lipinski definition) is 5. The van der Waals surface area contributed by atoms with Gasteiger partial charge in [-0.05, 0) is 72.9 Å². The van der Waals surface area contributed by atoms with Crippen LogP contribution in [-0.2, 0) is 9.59 Å². The molecule has 3 aromatic rings. The molecule has 0 aromatic heterocycles. The van der Waals surface area contributed by atoms with Crippen LogP contribution in [0.15, 0.2) is 72.3 Å². The summed E-state index contributed by atoms with van der Waals surface area (Å²) in [5.74, 6) is -0.193. The summed E-state index contributed by atoms with van der Waals surface area (Å²) in [6.45, 7) is 8.39. The number of aliphatic hydroxyl groups excluding tert-OH is 1. The van der Waals surface area contributed by atoms with Gasteiger partial charge in [0.1, 0.15) is 17.3 Å². The number of aryl methyl sites for hydroxylation is 1. The maximum Gasteiger partial charge on any atom is 0.300 e. The molecule has 0 aliphatic carbocycles. The van der Waals surface area contributed by atoms with Gasteiger partial charge >= 0.3 is 0 Å². The van der Waals surface area contributed by atoms with Crippen LogP contribution in [0.5, 0.6) is 11.5 Å². The number of methoxy groups -OCH3 is 1. The minimum absolute atomic E-state index is 0.0374. The first-order valence-corrected chi connectivity index (χ1v) is 12.1. The summed E-state index contributed by atoms with van der Waals surface area (Å²) in [4.78, 5) is 28.4. The zero-order valence-corrected chi connectivity index (χ0v) is 21.2. The molecule has 1 aliphatic heterocycles. The van der Waals surface area contributed by atoms with E-state index < -0.39 is 17.7 Å². The molecule has 1 aliphatic rings. The molecule has 36 heavy (non-hydrogen) atoms. The van der Waals surface area contributed by atoms with Crippen LogP contribution < -0.4 is 14.4 Å². The average molecular weight is 486 g/mol. The van der Waals surface area contributed by atoms with Gasteiger partial charge in [0.25, 0.3) is 11.7 Å². The van der Waals surface area contributed by atoms with Crippen molar-refractivity contribution in [3.63, 3.8) is 0 Å². The second-order valence-corrected chi connectivity index (χ2v) is 9.07. The second kappa shape index (κ2) is 10.3. The van der Waals surface area contributed by atoms with Crippen molar-refractivity contribution in [3.05, 3.63) is 94.6 Å². The first-order valence-electron chi connectivity index (χ1n) is 12.1. The summed E-state index contributed by atoms with van der Waals surface area (Å²) in [7, 11) is 1.56. The van der Waals surface area contributed by atoms with E-state index in [9.17, 15) is 14.7 Å². The van der Waals surface area contributed by atoms with E-state index in [0.29, 0.717) is 29.2 Å². The fourth-order valence-corrected chi connectivity index (χ4v) is 4.63. The number of carbonyl (C=O) groups is 2. The Hall–Kier alpha value is -4.06. The Balaban J connectivity index is 1.96. The number of ketones is 1. The Morgan fingerprint density at radius 1 is 1.03 bits per heavy atom. The smallest absolute Gasteiger partial charge is 0.300 e. The molecule has 186 valence electrons. The van der Waals surface area contributed by atoms with E-state index in [1.807, 2.05) is 58.0 Å². The molecule has 1 saturated heterocycles. The van der Waals surface area contributed by atoms with Gasteiger partial charge in [-0.3, -0.25) is 14.5 Å². The quantitative estimate of drug-likeness (QED) is 0.247. The van der Waals surface area contributed by atoms with E-state index in [1.54, 1.807) is 43.5 Å². The monoisotopic (exact) mass is 485 g/mol. The van der Waals surface area contributed by atoms with Gasteiger partial charge in [-0.25, -0.2) is 0 Å². The van der Waals surface area contributed by atoms with Crippen molar-refractivity contribution in [2.24, 2.45) is 0 Å². The molecule has 4 rings (SSSR count). The summed E-state index contributed by atoms with van der Waals surface area (Å²) in [5.41, 5.74) is 3.52. The fraction of sp³-hybridized carbons (Fsp3) is 0.267. The van der Waals surface area contributed by atoms with Crippen LogP contribution in [0.3, 0.4) is 0 Å². The predicted molar refractivity (Wildman–Crippen MR) is 141 cm³/mol. The number of carbonyl (C=O) groups excluding carboxylic acids is 2. The standard InChI is InChI=1S/C30H31NO5/c1-6-36-25-15-14-21(17-23(25)18(2)3)28(32)26-27(20-11-9-12-22(16-20)35-5)31(30(34)29(26)33)24-13-8-7-10-19(24)4/h7-18,27,32H,6H2,1-5H3/b28-26-. The van der Waals surface area contributed by atoms with E-state index in [4.69, 9.17) is 9.47 Å². The van der Waals surface area contributed by atoms with Crippen molar-refractivity contribution < 1.29 is 24.2 Å². The molecule has 1 fully saturated rings. The third-order valence-electron chi connectivity index (χ3n) is 6.43. The number of rotatable bonds is 7. The Kier molecular flexibility index (Phi) is 7.15. The molecule has 0 radical (unpaired) electrons. The first kappa shape index (κ1) is 25.0. The largest absolute Gasteiger partial charge is 0.507 e. The highest BCUT2D eigenvalue weighted by Crippen LogP contribution is 2.44. The molecule has 1 N–H and O–H groups in total. The summed E-state index contributed by atoms with van der Waals surface area (Å²) in [6, 6.07) is 19.1. The van der Waals surface area contributed by atoms with Crippen LogP contribution in [0.2, 0.25) is 0 Å². The lowest BCUT2D eigenvalue weighted by atomic mass is 9.93. The van der Waals surface area contributed by atoms with Crippen LogP contribution in [0.1, 0.15) is 55.0 Å². The van der Waals surface area contributed by atoms with E-state index in [2.05, 4.69) is 0 Å². The van der Waals surface area contributed by atoms with Crippen LogP contribution >= 0.6 is 0 Å². The van der Waals surface area contributed by atoms with Crippen molar-refractivity contribution >= 4 is 23.1 Å². The van der Waals surface area contributed by atoms with E-state index in [0.717, 1.165) is 16.9 Å². The lowest BCUT2D eigenvalue weighted by Gasteiger charge is -2.27. The van der Waals surface area contributed by atoms with Gasteiger partial charge in [-0.15, -0.1) is 0 Å². The number of Topliss-reactive ketones (excluding diaryl/α,β-unsaturated/α-hetero) is 1. The zero-order valence-electron chi connectivity index (χ0n) is 21.2.